The summed E-state index contributed by atoms with van der Waals surface area (Å²) in [5, 5.41) is 4.52. The van der Waals surface area contributed by atoms with Crippen LogP contribution in [-0.2, 0) is 11.8 Å². The number of nitrogens with zero attached hydrogens (tertiary/aromatic N) is 5. The van der Waals surface area contributed by atoms with E-state index in [-0.39, 0.29) is 39.0 Å². The summed E-state index contributed by atoms with van der Waals surface area (Å²) in [6.45, 7) is 2.16. The average molecular weight is 488 g/mol. The van der Waals surface area contributed by atoms with Crippen LogP contribution in [-0.4, -0.2) is 30.8 Å². The topological polar surface area (TPSA) is 74.3 Å². The van der Waals surface area contributed by atoms with E-state index in [0.29, 0.717) is 30.8 Å². The normalized spacial score (nSPS) is 18.7. The molecule has 10 heteroatoms. The Balaban J connectivity index is 1.67. The predicted octanol–water partition coefficient (Wildman–Crippen LogP) is 4.88. The molecule has 1 fully saturated rings. The molecule has 0 saturated carbocycles. The number of ether oxygens (including phenoxy) is 1. The smallest absolute Gasteiger partial charge is 0.277 e. The fourth-order valence-electron chi connectivity index (χ4n) is 4.21. The third kappa shape index (κ3) is 4.03. The van der Waals surface area contributed by atoms with Gasteiger partial charge in [-0.3, -0.25) is 13.9 Å². The highest BCUT2D eigenvalue weighted by Crippen LogP contribution is 2.38. The molecule has 1 saturated heterocycles. The Morgan fingerprint density at radius 3 is 2.76 bits per heavy atom. The molecule has 170 valence electrons. The maximum atomic E-state index is 14.9. The lowest BCUT2D eigenvalue weighted by Gasteiger charge is -2.29. The summed E-state index contributed by atoms with van der Waals surface area (Å²) in [6, 6.07) is 4.34. The van der Waals surface area contributed by atoms with Gasteiger partial charge in [-0.25, -0.2) is 14.4 Å². The van der Waals surface area contributed by atoms with E-state index in [1.54, 1.807) is 36.1 Å². The molecular weight excluding hydrogens is 468 g/mol. The van der Waals surface area contributed by atoms with Crippen LogP contribution in [0.25, 0.3) is 16.9 Å². The lowest BCUT2D eigenvalue weighted by molar-refractivity contribution is 0.00455. The summed E-state index contributed by atoms with van der Waals surface area (Å²) < 4.78 is 24.0. The number of aryl methyl sites for hydroxylation is 2. The molecule has 0 radical (unpaired) electrons. The van der Waals surface area contributed by atoms with E-state index in [4.69, 9.17) is 32.9 Å². The Bertz CT molecular complexity index is 1430. The number of hydrogen-bond acceptors (Lipinski definition) is 5. The van der Waals surface area contributed by atoms with Crippen molar-refractivity contribution >= 4 is 28.8 Å². The third-order valence-electron chi connectivity index (χ3n) is 5.93. The van der Waals surface area contributed by atoms with Gasteiger partial charge in [0.2, 0.25) is 0 Å². The van der Waals surface area contributed by atoms with Crippen molar-refractivity contribution in [2.45, 2.75) is 31.8 Å². The van der Waals surface area contributed by atoms with E-state index < -0.39 is 11.4 Å². The van der Waals surface area contributed by atoms with Crippen LogP contribution >= 0.6 is 23.2 Å². The van der Waals surface area contributed by atoms with Crippen LogP contribution in [0.4, 0.5) is 4.39 Å². The van der Waals surface area contributed by atoms with E-state index >= 15 is 0 Å². The average Bonchev–Trinajstić information content (AvgIpc) is 3.24. The molecule has 3 aromatic heterocycles. The summed E-state index contributed by atoms with van der Waals surface area (Å²) in [7, 11) is 1.85. The predicted molar refractivity (Wildman–Crippen MR) is 123 cm³/mol. The van der Waals surface area contributed by atoms with Crippen molar-refractivity contribution in [2.75, 3.05) is 6.61 Å². The van der Waals surface area contributed by atoms with E-state index in [0.717, 1.165) is 5.56 Å². The maximum absolute atomic E-state index is 14.9. The molecule has 1 aliphatic heterocycles. The molecule has 1 aromatic carbocycles. The van der Waals surface area contributed by atoms with Crippen molar-refractivity contribution < 1.29 is 9.13 Å². The van der Waals surface area contributed by atoms with E-state index in [9.17, 15) is 9.18 Å². The minimum Gasteiger partial charge on any atom is -0.373 e. The summed E-state index contributed by atoms with van der Waals surface area (Å²) in [5.74, 6) is -0.564. The standard InChI is InChI=1S/C23H20Cl2FN5O2/c1-12-20(25)23(32)31-11-18(13-5-6-33-19(7-13)14-9-27-30(2)10-14)29-21(22(31)28-12)16-4-3-15(24)8-17(16)26/h3-4,8-11,13,19H,5-7H2,1-2H3/t13-,19-/m0/s1. The van der Waals surface area contributed by atoms with Crippen molar-refractivity contribution in [1.29, 1.82) is 0 Å². The van der Waals surface area contributed by atoms with Gasteiger partial charge < -0.3 is 4.74 Å². The van der Waals surface area contributed by atoms with Gasteiger partial charge in [-0.2, -0.15) is 5.10 Å². The molecule has 4 heterocycles. The first-order valence-corrected chi connectivity index (χ1v) is 11.2. The molecule has 33 heavy (non-hydrogen) atoms. The number of aromatic nitrogens is 5. The van der Waals surface area contributed by atoms with Crippen LogP contribution in [0.5, 0.6) is 0 Å². The summed E-state index contributed by atoms with van der Waals surface area (Å²) >= 11 is 12.2. The van der Waals surface area contributed by atoms with Crippen molar-refractivity contribution in [3.8, 4) is 11.3 Å². The molecule has 0 aliphatic carbocycles. The second-order valence-electron chi connectivity index (χ2n) is 8.18. The van der Waals surface area contributed by atoms with Crippen LogP contribution in [0.15, 0.2) is 41.6 Å². The number of halogens is 3. The van der Waals surface area contributed by atoms with Gasteiger partial charge in [-0.1, -0.05) is 23.2 Å². The summed E-state index contributed by atoms with van der Waals surface area (Å²) in [5.41, 5.74) is 2.27. The highest BCUT2D eigenvalue weighted by atomic mass is 35.5. The van der Waals surface area contributed by atoms with Gasteiger partial charge in [0.05, 0.1) is 23.7 Å². The highest BCUT2D eigenvalue weighted by Gasteiger charge is 2.28. The summed E-state index contributed by atoms with van der Waals surface area (Å²) in [4.78, 5) is 22.3. The monoisotopic (exact) mass is 487 g/mol. The Hall–Kier alpha value is -2.81. The molecule has 7 nitrogen and oxygen atoms in total. The molecule has 2 atom stereocenters. The number of hydrogen-bond donors (Lipinski definition) is 0. The molecule has 0 amide bonds. The number of benzene rings is 1. The fraction of sp³-hybridized carbons (Fsp3) is 0.304. The minimum atomic E-state index is -0.545. The fourth-order valence-corrected chi connectivity index (χ4v) is 4.50. The van der Waals surface area contributed by atoms with Crippen molar-refractivity contribution in [1.82, 2.24) is 24.1 Å². The van der Waals surface area contributed by atoms with Crippen LogP contribution in [0, 0.1) is 12.7 Å². The number of fused-ring (bicyclic) bond motifs is 1. The first-order valence-electron chi connectivity index (χ1n) is 10.5. The Kier molecular flexibility index (Phi) is 5.68. The molecule has 0 spiro atoms. The first-order chi connectivity index (χ1) is 15.8. The zero-order chi connectivity index (χ0) is 23.3. The van der Waals surface area contributed by atoms with Gasteiger partial charge in [-0.05, 0) is 38.0 Å². The van der Waals surface area contributed by atoms with Gasteiger partial charge in [-0.15, -0.1) is 0 Å². The van der Waals surface area contributed by atoms with Crippen LogP contribution in [0.2, 0.25) is 10.0 Å². The molecule has 0 bridgehead atoms. The van der Waals surface area contributed by atoms with E-state index in [2.05, 4.69) is 10.1 Å². The van der Waals surface area contributed by atoms with E-state index in [1.165, 1.54) is 10.5 Å². The Morgan fingerprint density at radius 2 is 2.03 bits per heavy atom. The molecule has 0 N–H and O–H groups in total. The van der Waals surface area contributed by atoms with Gasteiger partial charge in [0.1, 0.15) is 16.5 Å². The second kappa shape index (κ2) is 8.52. The molecular formula is C23H20Cl2FN5O2. The third-order valence-corrected chi connectivity index (χ3v) is 6.60. The Morgan fingerprint density at radius 1 is 1.21 bits per heavy atom. The summed E-state index contributed by atoms with van der Waals surface area (Å²) in [6.07, 6.45) is 6.57. The van der Waals surface area contributed by atoms with Crippen molar-refractivity contribution in [3.05, 3.63) is 80.0 Å². The molecule has 1 aliphatic rings. The maximum Gasteiger partial charge on any atom is 0.277 e. The van der Waals surface area contributed by atoms with Gasteiger partial charge in [0.15, 0.2) is 5.65 Å². The van der Waals surface area contributed by atoms with Crippen LogP contribution in [0.1, 0.15) is 41.8 Å². The number of rotatable bonds is 3. The highest BCUT2D eigenvalue weighted by molar-refractivity contribution is 6.31. The minimum absolute atomic E-state index is 0.0190. The quantitative estimate of drug-likeness (QED) is 0.411. The van der Waals surface area contributed by atoms with Gasteiger partial charge >= 0.3 is 0 Å². The van der Waals surface area contributed by atoms with Gasteiger partial charge in [0, 0.05) is 48.1 Å². The Labute approximate surface area is 198 Å². The zero-order valence-electron chi connectivity index (χ0n) is 17.9. The van der Waals surface area contributed by atoms with Crippen LogP contribution in [0.3, 0.4) is 0 Å². The zero-order valence-corrected chi connectivity index (χ0v) is 19.4. The molecule has 5 rings (SSSR count). The second-order valence-corrected chi connectivity index (χ2v) is 8.99. The first kappa shape index (κ1) is 22.0. The molecule has 4 aromatic rings. The van der Waals surface area contributed by atoms with Crippen LogP contribution < -0.4 is 5.56 Å². The lowest BCUT2D eigenvalue weighted by Crippen LogP contribution is -2.23. The van der Waals surface area contributed by atoms with Crippen molar-refractivity contribution in [3.63, 3.8) is 0 Å². The molecule has 0 unspecified atom stereocenters. The van der Waals surface area contributed by atoms with Crippen molar-refractivity contribution in [2.24, 2.45) is 7.05 Å². The van der Waals surface area contributed by atoms with E-state index in [1.807, 2.05) is 13.2 Å². The largest absolute Gasteiger partial charge is 0.373 e. The lowest BCUT2D eigenvalue weighted by atomic mass is 9.90. The van der Waals surface area contributed by atoms with Gasteiger partial charge in [0.25, 0.3) is 5.56 Å². The SMILES string of the molecule is Cc1nc2c(-c3ccc(Cl)cc3F)nc([C@H]3CCO[C@H](c4cnn(C)c4)C3)cn2c(=O)c1Cl.